The highest BCUT2D eigenvalue weighted by atomic mass is 16.3. The molecular formula is C17H25NO2. The van der Waals surface area contributed by atoms with Crippen LogP contribution in [0.5, 0.6) is 0 Å². The van der Waals surface area contributed by atoms with Crippen molar-refractivity contribution in [3.05, 3.63) is 28.8 Å². The van der Waals surface area contributed by atoms with Gasteiger partial charge in [0.05, 0.1) is 17.2 Å². The highest BCUT2D eigenvalue weighted by Crippen LogP contribution is 2.45. The van der Waals surface area contributed by atoms with E-state index < -0.39 is 11.5 Å². The summed E-state index contributed by atoms with van der Waals surface area (Å²) >= 11 is 0. The molecular weight excluding hydrogens is 250 g/mol. The number of amides is 1. The zero-order chi connectivity index (χ0) is 15.3. The SMILES string of the molecule is CCc1cc(C(O)C(C)(C)C)c2c(c1)C(C)(C)C(=O)N2. The number of nitrogens with one attached hydrogen (secondary N) is 1. The van der Waals surface area contributed by atoms with Gasteiger partial charge in [0, 0.05) is 5.56 Å². The molecule has 1 amide bonds. The lowest BCUT2D eigenvalue weighted by Gasteiger charge is -2.28. The van der Waals surface area contributed by atoms with Crippen LogP contribution in [-0.4, -0.2) is 11.0 Å². The molecule has 1 atom stereocenters. The summed E-state index contributed by atoms with van der Waals surface area (Å²) in [5.74, 6) is 0.00288. The van der Waals surface area contributed by atoms with Gasteiger partial charge in [-0.25, -0.2) is 0 Å². The monoisotopic (exact) mass is 275 g/mol. The number of aliphatic hydroxyl groups excluding tert-OH is 1. The number of aliphatic hydroxyl groups is 1. The Bertz CT molecular complexity index is 553. The Labute approximate surface area is 121 Å². The van der Waals surface area contributed by atoms with Gasteiger partial charge in [-0.05, 0) is 36.8 Å². The molecule has 0 spiro atoms. The maximum Gasteiger partial charge on any atom is 0.234 e. The van der Waals surface area contributed by atoms with Gasteiger partial charge in [0.25, 0.3) is 0 Å². The summed E-state index contributed by atoms with van der Waals surface area (Å²) in [6.07, 6.45) is 0.290. The molecule has 2 N–H and O–H groups in total. The number of fused-ring (bicyclic) bond motifs is 1. The van der Waals surface area contributed by atoms with Crippen molar-refractivity contribution in [3.8, 4) is 0 Å². The van der Waals surface area contributed by atoms with Gasteiger partial charge in [-0.15, -0.1) is 0 Å². The molecule has 1 aromatic rings. The van der Waals surface area contributed by atoms with Crippen LogP contribution in [0.4, 0.5) is 5.69 Å². The zero-order valence-electron chi connectivity index (χ0n) is 13.3. The van der Waals surface area contributed by atoms with Gasteiger partial charge < -0.3 is 10.4 Å². The van der Waals surface area contributed by atoms with Crippen molar-refractivity contribution in [2.45, 2.75) is 59.5 Å². The highest BCUT2D eigenvalue weighted by molar-refractivity contribution is 6.06. The minimum atomic E-state index is -0.600. The molecule has 1 aromatic carbocycles. The van der Waals surface area contributed by atoms with Gasteiger partial charge in [-0.2, -0.15) is 0 Å². The molecule has 1 aliphatic rings. The molecule has 0 aliphatic carbocycles. The van der Waals surface area contributed by atoms with Gasteiger partial charge in [0.1, 0.15) is 0 Å². The molecule has 0 radical (unpaired) electrons. The third-order valence-electron chi connectivity index (χ3n) is 4.23. The molecule has 0 saturated carbocycles. The highest BCUT2D eigenvalue weighted by Gasteiger charge is 2.41. The van der Waals surface area contributed by atoms with Crippen molar-refractivity contribution in [1.82, 2.24) is 0 Å². The second-order valence-electron chi connectivity index (χ2n) is 7.31. The van der Waals surface area contributed by atoms with Crippen molar-refractivity contribution in [1.29, 1.82) is 0 Å². The van der Waals surface area contributed by atoms with Crippen LogP contribution in [-0.2, 0) is 16.6 Å². The average Bonchev–Trinajstić information content (AvgIpc) is 2.58. The first-order valence-corrected chi connectivity index (χ1v) is 7.26. The number of rotatable bonds is 2. The van der Waals surface area contributed by atoms with E-state index in [2.05, 4.69) is 18.3 Å². The summed E-state index contributed by atoms with van der Waals surface area (Å²) < 4.78 is 0. The summed E-state index contributed by atoms with van der Waals surface area (Å²) in [5, 5.41) is 13.6. The van der Waals surface area contributed by atoms with Crippen molar-refractivity contribution >= 4 is 11.6 Å². The largest absolute Gasteiger partial charge is 0.388 e. The smallest absolute Gasteiger partial charge is 0.234 e. The Morgan fingerprint density at radius 2 is 1.90 bits per heavy atom. The molecule has 110 valence electrons. The van der Waals surface area contributed by atoms with Crippen molar-refractivity contribution < 1.29 is 9.90 Å². The van der Waals surface area contributed by atoms with Crippen LogP contribution in [0.3, 0.4) is 0 Å². The third kappa shape index (κ3) is 2.24. The summed E-state index contributed by atoms with van der Waals surface area (Å²) in [4.78, 5) is 12.2. The first kappa shape index (κ1) is 15.0. The lowest BCUT2D eigenvalue weighted by Crippen LogP contribution is -2.26. The fraction of sp³-hybridized carbons (Fsp3) is 0.588. The number of hydrogen-bond donors (Lipinski definition) is 2. The van der Waals surface area contributed by atoms with E-state index in [1.807, 2.05) is 40.7 Å². The predicted octanol–water partition coefficient (Wildman–Crippen LogP) is 3.56. The molecule has 1 aliphatic heterocycles. The Kier molecular flexibility index (Phi) is 3.45. The van der Waals surface area contributed by atoms with Crippen molar-refractivity contribution in [2.75, 3.05) is 5.32 Å². The molecule has 1 heterocycles. The fourth-order valence-electron chi connectivity index (χ4n) is 2.64. The number of benzene rings is 1. The number of aryl methyl sites for hydroxylation is 1. The molecule has 20 heavy (non-hydrogen) atoms. The van der Waals surface area contributed by atoms with E-state index in [4.69, 9.17) is 0 Å². The van der Waals surface area contributed by atoms with Crippen LogP contribution in [0.15, 0.2) is 12.1 Å². The van der Waals surface area contributed by atoms with E-state index in [0.717, 1.165) is 28.8 Å². The molecule has 3 heteroatoms. The van der Waals surface area contributed by atoms with Crippen LogP contribution in [0, 0.1) is 5.41 Å². The Balaban J connectivity index is 2.66. The van der Waals surface area contributed by atoms with Gasteiger partial charge >= 0.3 is 0 Å². The van der Waals surface area contributed by atoms with E-state index in [9.17, 15) is 9.90 Å². The van der Waals surface area contributed by atoms with Crippen LogP contribution in [0.2, 0.25) is 0 Å². The topological polar surface area (TPSA) is 49.3 Å². The van der Waals surface area contributed by atoms with Gasteiger partial charge in [-0.3, -0.25) is 4.79 Å². The molecule has 2 rings (SSSR count). The number of anilines is 1. The maximum atomic E-state index is 12.2. The Hall–Kier alpha value is -1.35. The van der Waals surface area contributed by atoms with E-state index >= 15 is 0 Å². The maximum absolute atomic E-state index is 12.2. The van der Waals surface area contributed by atoms with Crippen LogP contribution in [0.1, 0.15) is 64.3 Å². The first-order valence-electron chi connectivity index (χ1n) is 7.26. The Morgan fingerprint density at radius 1 is 1.30 bits per heavy atom. The van der Waals surface area contributed by atoms with E-state index in [1.165, 1.54) is 0 Å². The lowest BCUT2D eigenvalue weighted by molar-refractivity contribution is -0.119. The lowest BCUT2D eigenvalue weighted by atomic mass is 9.79. The normalized spacial score (nSPS) is 18.6. The van der Waals surface area contributed by atoms with E-state index in [1.54, 1.807) is 0 Å². The van der Waals surface area contributed by atoms with Crippen molar-refractivity contribution in [3.63, 3.8) is 0 Å². The third-order valence-corrected chi connectivity index (χ3v) is 4.23. The molecule has 0 aromatic heterocycles. The quantitative estimate of drug-likeness (QED) is 0.867. The summed E-state index contributed by atoms with van der Waals surface area (Å²) in [6.45, 7) is 12.0. The first-order chi connectivity index (χ1) is 9.09. The minimum absolute atomic E-state index is 0.00288. The van der Waals surface area contributed by atoms with Gasteiger partial charge in [0.15, 0.2) is 0 Å². The molecule has 3 nitrogen and oxygen atoms in total. The molecule has 0 saturated heterocycles. The predicted molar refractivity (Wildman–Crippen MR) is 81.9 cm³/mol. The van der Waals surface area contributed by atoms with Crippen LogP contribution >= 0.6 is 0 Å². The zero-order valence-corrected chi connectivity index (χ0v) is 13.3. The standard InChI is InChI=1S/C17H25NO2/c1-7-10-8-11(14(19)16(2,3)4)13-12(9-10)17(5,6)15(20)18-13/h8-9,14,19H,7H2,1-6H3,(H,18,20). The van der Waals surface area contributed by atoms with Gasteiger partial charge in [-0.1, -0.05) is 39.8 Å². The van der Waals surface area contributed by atoms with Gasteiger partial charge in [0.2, 0.25) is 5.91 Å². The summed E-state index contributed by atoms with van der Waals surface area (Å²) in [7, 11) is 0. The minimum Gasteiger partial charge on any atom is -0.388 e. The van der Waals surface area contributed by atoms with E-state index in [0.29, 0.717) is 0 Å². The average molecular weight is 275 g/mol. The molecule has 0 bridgehead atoms. The number of carbonyl (C=O) groups is 1. The van der Waals surface area contributed by atoms with E-state index in [-0.39, 0.29) is 11.3 Å². The summed E-state index contributed by atoms with van der Waals surface area (Å²) in [5.41, 5.74) is 3.00. The van der Waals surface area contributed by atoms with Crippen LogP contribution < -0.4 is 5.32 Å². The molecule has 1 unspecified atom stereocenters. The number of hydrogen-bond acceptors (Lipinski definition) is 2. The molecule has 0 fully saturated rings. The van der Waals surface area contributed by atoms with Crippen molar-refractivity contribution in [2.24, 2.45) is 5.41 Å². The second-order valence-corrected chi connectivity index (χ2v) is 7.31. The van der Waals surface area contributed by atoms with Crippen LogP contribution in [0.25, 0.3) is 0 Å². The fourth-order valence-corrected chi connectivity index (χ4v) is 2.64. The number of carbonyl (C=O) groups excluding carboxylic acids is 1. The summed E-state index contributed by atoms with van der Waals surface area (Å²) in [6, 6.07) is 4.11. The Morgan fingerprint density at radius 3 is 2.40 bits per heavy atom. The second kappa shape index (κ2) is 4.59.